The molecule has 1 heterocycles. The smallest absolute Gasteiger partial charge is 0.126 e. The summed E-state index contributed by atoms with van der Waals surface area (Å²) in [6.07, 6.45) is 16.3. The molecule has 1 aliphatic heterocycles. The number of hydrogen-bond acceptors (Lipinski definition) is 2. The molecule has 0 bridgehead atoms. The van der Waals surface area contributed by atoms with Crippen LogP contribution in [0, 0.1) is 11.8 Å². The highest BCUT2D eigenvalue weighted by Crippen LogP contribution is 2.29. The van der Waals surface area contributed by atoms with Gasteiger partial charge in [0.05, 0.1) is 0 Å². The molecule has 0 spiro atoms. The largest absolute Gasteiger partial charge is 0.383 e. The maximum absolute atomic E-state index is 6.30. The average Bonchev–Trinajstić information content (AvgIpc) is 2.57. The first-order valence-electron chi connectivity index (χ1n) is 9.93. The molecule has 2 atom stereocenters. The van der Waals surface area contributed by atoms with Gasteiger partial charge in [0.25, 0.3) is 0 Å². The van der Waals surface area contributed by atoms with Crippen LogP contribution < -0.4 is 5.73 Å². The molecule has 2 N–H and O–H groups in total. The fourth-order valence-electron chi connectivity index (χ4n) is 3.35. The van der Waals surface area contributed by atoms with Crippen molar-refractivity contribution in [1.82, 2.24) is 0 Å². The standard InChI is InChI=1S/C22H38N2/c1-6-9-10-12-19(8-3)14-16-21-17(4)13-15-20(11-7-2)24-22(23)18(21)5/h10,12,15,17,19H,6-9,11,13-14,16H2,1-5H3,(H2,23,24)/b12-10+,20-15?,21-18?. The van der Waals surface area contributed by atoms with E-state index in [1.807, 2.05) is 0 Å². The summed E-state index contributed by atoms with van der Waals surface area (Å²) in [5.74, 6) is 1.97. The summed E-state index contributed by atoms with van der Waals surface area (Å²) >= 11 is 0. The highest BCUT2D eigenvalue weighted by molar-refractivity contribution is 5.97. The Hall–Kier alpha value is -1.31. The summed E-state index contributed by atoms with van der Waals surface area (Å²) in [6, 6.07) is 0. The highest BCUT2D eigenvalue weighted by atomic mass is 14.9. The minimum absolute atomic E-state index is 0.558. The van der Waals surface area contributed by atoms with E-state index in [1.54, 1.807) is 0 Å². The summed E-state index contributed by atoms with van der Waals surface area (Å²) in [5, 5.41) is 0. The Balaban J connectivity index is 2.85. The zero-order chi connectivity index (χ0) is 17.9. The normalized spacial score (nSPS) is 20.6. The molecule has 0 radical (unpaired) electrons. The number of unbranched alkanes of at least 4 members (excludes halogenated alkanes) is 1. The van der Waals surface area contributed by atoms with Crippen molar-refractivity contribution in [2.45, 2.75) is 86.0 Å². The van der Waals surface area contributed by atoms with Crippen LogP contribution in [0.5, 0.6) is 0 Å². The maximum Gasteiger partial charge on any atom is 0.126 e. The second-order valence-electron chi connectivity index (χ2n) is 7.15. The second kappa shape index (κ2) is 11.3. The van der Waals surface area contributed by atoms with Crippen molar-refractivity contribution in [2.24, 2.45) is 22.6 Å². The molecular weight excluding hydrogens is 292 g/mol. The van der Waals surface area contributed by atoms with Gasteiger partial charge in [-0.1, -0.05) is 64.3 Å². The van der Waals surface area contributed by atoms with E-state index in [4.69, 9.17) is 5.73 Å². The van der Waals surface area contributed by atoms with Crippen LogP contribution in [0.3, 0.4) is 0 Å². The third-order valence-electron chi connectivity index (χ3n) is 5.11. The third-order valence-corrected chi connectivity index (χ3v) is 5.11. The van der Waals surface area contributed by atoms with Gasteiger partial charge in [0.15, 0.2) is 0 Å². The number of aliphatic imine (C=N–C) groups is 1. The minimum atomic E-state index is 0.558. The van der Waals surface area contributed by atoms with E-state index in [9.17, 15) is 0 Å². The predicted octanol–water partition coefficient (Wildman–Crippen LogP) is 6.55. The minimum Gasteiger partial charge on any atom is -0.383 e. The van der Waals surface area contributed by atoms with Crippen LogP contribution in [-0.2, 0) is 0 Å². The van der Waals surface area contributed by atoms with Crippen molar-refractivity contribution in [3.63, 3.8) is 0 Å². The van der Waals surface area contributed by atoms with Crippen molar-refractivity contribution in [2.75, 3.05) is 0 Å². The summed E-state index contributed by atoms with van der Waals surface area (Å²) in [7, 11) is 0. The number of nitrogens with two attached hydrogens (primary N) is 1. The molecular formula is C22H38N2. The average molecular weight is 331 g/mol. The monoisotopic (exact) mass is 330 g/mol. The summed E-state index contributed by atoms with van der Waals surface area (Å²) in [6.45, 7) is 11.2. The Kier molecular flexibility index (Phi) is 9.75. The van der Waals surface area contributed by atoms with Crippen molar-refractivity contribution >= 4 is 5.84 Å². The molecule has 2 heteroatoms. The number of rotatable bonds is 9. The zero-order valence-electron chi connectivity index (χ0n) is 16.6. The van der Waals surface area contributed by atoms with Gasteiger partial charge in [-0.3, -0.25) is 0 Å². The molecule has 0 aromatic carbocycles. The van der Waals surface area contributed by atoms with E-state index in [0.29, 0.717) is 11.8 Å². The van der Waals surface area contributed by atoms with Crippen LogP contribution in [0.15, 0.2) is 40.1 Å². The van der Waals surface area contributed by atoms with Gasteiger partial charge in [-0.05, 0) is 62.9 Å². The Morgan fingerprint density at radius 1 is 1.25 bits per heavy atom. The molecule has 0 saturated carbocycles. The van der Waals surface area contributed by atoms with E-state index in [1.165, 1.54) is 36.8 Å². The van der Waals surface area contributed by atoms with Gasteiger partial charge in [0, 0.05) is 5.70 Å². The number of allylic oxidation sites excluding steroid dienone is 5. The molecule has 0 amide bonds. The number of amidine groups is 1. The lowest BCUT2D eigenvalue weighted by Crippen LogP contribution is -2.19. The Bertz CT molecular complexity index is 494. The lowest BCUT2D eigenvalue weighted by Gasteiger charge is -2.22. The quantitative estimate of drug-likeness (QED) is 0.478. The molecule has 2 nitrogen and oxygen atoms in total. The van der Waals surface area contributed by atoms with Crippen molar-refractivity contribution in [3.8, 4) is 0 Å². The number of hydrogen-bond donors (Lipinski definition) is 1. The Morgan fingerprint density at radius 3 is 2.62 bits per heavy atom. The summed E-state index contributed by atoms with van der Waals surface area (Å²) < 4.78 is 0. The predicted molar refractivity (Wildman–Crippen MR) is 108 cm³/mol. The highest BCUT2D eigenvalue weighted by Gasteiger charge is 2.17. The van der Waals surface area contributed by atoms with E-state index in [0.717, 1.165) is 37.2 Å². The lowest BCUT2D eigenvalue weighted by atomic mass is 9.85. The van der Waals surface area contributed by atoms with Crippen LogP contribution in [0.1, 0.15) is 86.0 Å². The van der Waals surface area contributed by atoms with Crippen LogP contribution in [-0.4, -0.2) is 5.84 Å². The van der Waals surface area contributed by atoms with Crippen molar-refractivity contribution in [1.29, 1.82) is 0 Å². The number of nitrogens with zero attached hydrogens (tertiary/aromatic N) is 1. The van der Waals surface area contributed by atoms with Crippen molar-refractivity contribution in [3.05, 3.63) is 35.1 Å². The fraction of sp³-hybridized carbons (Fsp3) is 0.682. The second-order valence-corrected chi connectivity index (χ2v) is 7.15. The topological polar surface area (TPSA) is 38.4 Å². The zero-order valence-corrected chi connectivity index (χ0v) is 16.6. The molecule has 0 aliphatic carbocycles. The molecule has 2 unspecified atom stereocenters. The van der Waals surface area contributed by atoms with Crippen LogP contribution in [0.2, 0.25) is 0 Å². The Morgan fingerprint density at radius 2 is 2.00 bits per heavy atom. The molecule has 0 fully saturated rings. The van der Waals surface area contributed by atoms with E-state index in [2.05, 4.69) is 57.8 Å². The molecule has 1 rings (SSSR count). The van der Waals surface area contributed by atoms with Crippen LogP contribution in [0.25, 0.3) is 0 Å². The molecule has 0 aromatic heterocycles. The third kappa shape index (κ3) is 6.67. The van der Waals surface area contributed by atoms with E-state index in [-0.39, 0.29) is 0 Å². The van der Waals surface area contributed by atoms with Gasteiger partial charge in [0.1, 0.15) is 5.84 Å². The van der Waals surface area contributed by atoms with E-state index < -0.39 is 0 Å². The lowest BCUT2D eigenvalue weighted by molar-refractivity contribution is 0.536. The maximum atomic E-state index is 6.30. The molecule has 0 aromatic rings. The fourth-order valence-corrected chi connectivity index (χ4v) is 3.35. The molecule has 0 saturated heterocycles. The summed E-state index contributed by atoms with van der Waals surface area (Å²) in [4.78, 5) is 4.68. The van der Waals surface area contributed by atoms with E-state index >= 15 is 0 Å². The van der Waals surface area contributed by atoms with Gasteiger partial charge in [0.2, 0.25) is 0 Å². The first kappa shape index (κ1) is 20.7. The Labute approximate surface area is 150 Å². The van der Waals surface area contributed by atoms with Gasteiger partial charge in [-0.25, -0.2) is 4.99 Å². The van der Waals surface area contributed by atoms with Gasteiger partial charge in [-0.2, -0.15) is 0 Å². The molecule has 136 valence electrons. The first-order valence-corrected chi connectivity index (χ1v) is 9.93. The van der Waals surface area contributed by atoms with Crippen LogP contribution in [0.4, 0.5) is 0 Å². The van der Waals surface area contributed by atoms with Gasteiger partial charge >= 0.3 is 0 Å². The van der Waals surface area contributed by atoms with Crippen molar-refractivity contribution < 1.29 is 0 Å². The van der Waals surface area contributed by atoms with Crippen LogP contribution >= 0.6 is 0 Å². The molecule has 1 aliphatic rings. The summed E-state index contributed by atoms with van der Waals surface area (Å²) in [5.41, 5.74) is 10.2. The first-order chi connectivity index (χ1) is 11.5. The SMILES string of the molecule is CCC/C=C/C(CC)CCC1=C(C)C(N)=NC(CCC)=CCC1C. The molecule has 24 heavy (non-hydrogen) atoms. The van der Waals surface area contributed by atoms with Gasteiger partial charge < -0.3 is 5.73 Å². The van der Waals surface area contributed by atoms with Gasteiger partial charge in [-0.15, -0.1) is 0 Å².